The van der Waals surface area contributed by atoms with E-state index in [1.807, 2.05) is 54.6 Å². The summed E-state index contributed by atoms with van der Waals surface area (Å²) in [7, 11) is 0. The highest BCUT2D eigenvalue weighted by Crippen LogP contribution is 2.22. The maximum absolute atomic E-state index is 13.9. The van der Waals surface area contributed by atoms with Gasteiger partial charge in [-0.05, 0) is 60.6 Å². The van der Waals surface area contributed by atoms with E-state index in [1.54, 1.807) is 18.3 Å². The van der Waals surface area contributed by atoms with Crippen molar-refractivity contribution in [3.05, 3.63) is 102 Å². The molecule has 2 heterocycles. The summed E-state index contributed by atoms with van der Waals surface area (Å²) in [5.74, 6) is -1.97. The molecule has 1 saturated heterocycles. The molecule has 4 aromatic rings. The van der Waals surface area contributed by atoms with Gasteiger partial charge in [-0.2, -0.15) is 0 Å². The molecule has 3 aromatic carbocycles. The van der Waals surface area contributed by atoms with Gasteiger partial charge >= 0.3 is 0 Å². The summed E-state index contributed by atoms with van der Waals surface area (Å²) in [6, 6.07) is 19.6. The number of hydrogen-bond donors (Lipinski definition) is 6. The largest absolute Gasteiger partial charge is 0.508 e. The van der Waals surface area contributed by atoms with Crippen molar-refractivity contribution >= 4 is 34.5 Å². The van der Waals surface area contributed by atoms with E-state index in [0.717, 1.165) is 40.4 Å². The minimum absolute atomic E-state index is 0.116. The number of carbonyl (C=O) groups excluding carboxylic acids is 4. The highest BCUT2D eigenvalue weighted by atomic mass is 16.3. The van der Waals surface area contributed by atoms with Crippen LogP contribution in [0.4, 0.5) is 0 Å². The molecular weight excluding hydrogens is 584 g/mol. The number of fused-ring (bicyclic) bond motifs is 1. The number of aromatic nitrogens is 1. The lowest BCUT2D eigenvalue weighted by molar-refractivity contribution is -0.144. The Morgan fingerprint density at radius 2 is 1.54 bits per heavy atom. The number of primary amides is 1. The Kier molecular flexibility index (Phi) is 10.3. The number of phenolic OH excluding ortho intramolecular Hbond substituents is 1. The average molecular weight is 625 g/mol. The SMILES string of the molecule is NC(=O)[C@H](Cc1ccccc1)NC(=O)[C@H](Cc1c[nH]c2ccccc12)NC(=O)[C@@H]1CCCCN1C(=O)[C@@H](N)Cc1ccc(O)cc1. The number of nitrogens with zero attached hydrogens (tertiary/aromatic N) is 1. The Morgan fingerprint density at radius 1 is 0.848 bits per heavy atom. The highest BCUT2D eigenvalue weighted by Gasteiger charge is 2.36. The molecule has 4 atom stereocenters. The van der Waals surface area contributed by atoms with Gasteiger partial charge < -0.3 is 37.1 Å². The summed E-state index contributed by atoms with van der Waals surface area (Å²) in [5.41, 5.74) is 15.3. The molecule has 0 radical (unpaired) electrons. The number of phenols is 1. The molecular formula is C35H40N6O5. The molecule has 5 rings (SSSR count). The average Bonchev–Trinajstić information content (AvgIpc) is 3.47. The minimum Gasteiger partial charge on any atom is -0.508 e. The smallest absolute Gasteiger partial charge is 0.243 e. The molecule has 0 spiro atoms. The number of nitrogens with one attached hydrogen (secondary N) is 3. The van der Waals surface area contributed by atoms with Crippen LogP contribution < -0.4 is 22.1 Å². The Bertz CT molecular complexity index is 1670. The number of aromatic hydroxyl groups is 1. The van der Waals surface area contributed by atoms with Gasteiger partial charge in [0.2, 0.25) is 23.6 Å². The quantitative estimate of drug-likeness (QED) is 0.140. The first-order valence-corrected chi connectivity index (χ1v) is 15.5. The highest BCUT2D eigenvalue weighted by molar-refractivity contribution is 5.95. The van der Waals surface area contributed by atoms with Crippen LogP contribution in [0.1, 0.15) is 36.0 Å². The third kappa shape index (κ3) is 7.91. The van der Waals surface area contributed by atoms with Gasteiger partial charge in [0, 0.05) is 36.5 Å². The van der Waals surface area contributed by atoms with E-state index in [4.69, 9.17) is 11.5 Å². The summed E-state index contributed by atoms with van der Waals surface area (Å²) in [4.78, 5) is 58.4. The molecule has 8 N–H and O–H groups in total. The predicted octanol–water partition coefficient (Wildman–Crippen LogP) is 2.06. The Labute approximate surface area is 267 Å². The molecule has 0 bridgehead atoms. The van der Waals surface area contributed by atoms with Crippen LogP contribution in [0.2, 0.25) is 0 Å². The van der Waals surface area contributed by atoms with Crippen LogP contribution >= 0.6 is 0 Å². The number of H-pyrrole nitrogens is 1. The van der Waals surface area contributed by atoms with E-state index in [-0.39, 0.29) is 30.9 Å². The number of aromatic amines is 1. The molecule has 0 saturated carbocycles. The molecule has 0 unspecified atom stereocenters. The number of hydrogen-bond acceptors (Lipinski definition) is 6. The van der Waals surface area contributed by atoms with Gasteiger partial charge in [-0.1, -0.05) is 60.7 Å². The third-order valence-electron chi connectivity index (χ3n) is 8.47. The summed E-state index contributed by atoms with van der Waals surface area (Å²) >= 11 is 0. The van der Waals surface area contributed by atoms with Crippen LogP contribution in [-0.4, -0.2) is 69.3 Å². The molecule has 0 aliphatic carbocycles. The molecule has 46 heavy (non-hydrogen) atoms. The Balaban J connectivity index is 1.35. The Hall–Kier alpha value is -5.16. The lowest BCUT2D eigenvalue weighted by Crippen LogP contribution is -2.60. The van der Waals surface area contributed by atoms with E-state index in [9.17, 15) is 24.3 Å². The summed E-state index contributed by atoms with van der Waals surface area (Å²) in [5, 5.41) is 16.1. The van der Waals surface area contributed by atoms with Crippen molar-refractivity contribution in [3.8, 4) is 5.75 Å². The normalized spacial score (nSPS) is 16.7. The first-order chi connectivity index (χ1) is 22.2. The number of benzene rings is 3. The van der Waals surface area contributed by atoms with Crippen molar-refractivity contribution in [2.45, 2.75) is 62.7 Å². The zero-order valence-corrected chi connectivity index (χ0v) is 25.5. The fourth-order valence-corrected chi connectivity index (χ4v) is 6.00. The molecule has 1 fully saturated rings. The van der Waals surface area contributed by atoms with Gasteiger partial charge in [0.1, 0.15) is 23.9 Å². The van der Waals surface area contributed by atoms with E-state index < -0.39 is 41.9 Å². The van der Waals surface area contributed by atoms with E-state index in [1.165, 1.54) is 17.0 Å². The number of piperidine rings is 1. The summed E-state index contributed by atoms with van der Waals surface area (Å²) in [6.07, 6.45) is 4.24. The van der Waals surface area contributed by atoms with Crippen LogP contribution in [0, 0.1) is 0 Å². The maximum atomic E-state index is 13.9. The number of para-hydroxylation sites is 1. The fraction of sp³-hybridized carbons (Fsp3) is 0.314. The second kappa shape index (κ2) is 14.7. The van der Waals surface area contributed by atoms with E-state index >= 15 is 0 Å². The lowest BCUT2D eigenvalue weighted by Gasteiger charge is -2.37. The molecule has 1 aromatic heterocycles. The second-order valence-corrected chi connectivity index (χ2v) is 11.8. The van der Waals surface area contributed by atoms with Crippen molar-refractivity contribution < 1.29 is 24.3 Å². The molecule has 11 heteroatoms. The standard InChI is InChI=1S/C35H40N6O5/c36-27(18-23-13-15-25(42)16-14-23)35(46)41-17-7-6-12-31(41)34(45)40-30(20-24-21-38-28-11-5-4-10-26(24)28)33(44)39-29(32(37)43)19-22-8-2-1-3-9-22/h1-5,8-11,13-16,21,27,29-31,38,42H,6-7,12,17-20,36H2,(H2,37,43)(H,39,44)(H,40,45)/t27-,29-,30-,31-/m0/s1. The van der Waals surface area contributed by atoms with Crippen molar-refractivity contribution in [2.75, 3.05) is 6.54 Å². The Morgan fingerprint density at radius 3 is 2.28 bits per heavy atom. The molecule has 1 aliphatic heterocycles. The zero-order valence-electron chi connectivity index (χ0n) is 25.5. The maximum Gasteiger partial charge on any atom is 0.243 e. The van der Waals surface area contributed by atoms with Crippen molar-refractivity contribution in [2.24, 2.45) is 11.5 Å². The van der Waals surface area contributed by atoms with Gasteiger partial charge in [0.25, 0.3) is 0 Å². The number of carbonyl (C=O) groups is 4. The summed E-state index contributed by atoms with van der Waals surface area (Å²) < 4.78 is 0. The van der Waals surface area contributed by atoms with Crippen LogP contribution in [-0.2, 0) is 38.4 Å². The molecule has 11 nitrogen and oxygen atoms in total. The van der Waals surface area contributed by atoms with Gasteiger partial charge in [0.15, 0.2) is 0 Å². The molecule has 1 aliphatic rings. The van der Waals surface area contributed by atoms with Crippen LogP contribution in [0.25, 0.3) is 10.9 Å². The van der Waals surface area contributed by atoms with E-state index in [2.05, 4.69) is 15.6 Å². The van der Waals surface area contributed by atoms with Crippen molar-refractivity contribution in [1.82, 2.24) is 20.5 Å². The third-order valence-corrected chi connectivity index (χ3v) is 8.47. The molecule has 4 amide bonds. The summed E-state index contributed by atoms with van der Waals surface area (Å²) in [6.45, 7) is 0.361. The van der Waals surface area contributed by atoms with Crippen molar-refractivity contribution in [1.29, 1.82) is 0 Å². The number of rotatable bonds is 12. The van der Waals surface area contributed by atoms with Gasteiger partial charge in [-0.15, -0.1) is 0 Å². The van der Waals surface area contributed by atoms with Crippen LogP contribution in [0.15, 0.2) is 85.1 Å². The number of nitrogens with two attached hydrogens (primary N) is 2. The first kappa shape index (κ1) is 32.2. The van der Waals surface area contributed by atoms with Gasteiger partial charge in [-0.3, -0.25) is 19.2 Å². The van der Waals surface area contributed by atoms with Gasteiger partial charge in [-0.25, -0.2) is 0 Å². The number of amides is 4. The van der Waals surface area contributed by atoms with Gasteiger partial charge in [0.05, 0.1) is 6.04 Å². The fourth-order valence-electron chi connectivity index (χ4n) is 6.00. The predicted molar refractivity (Wildman–Crippen MR) is 174 cm³/mol. The minimum atomic E-state index is -1.06. The monoisotopic (exact) mass is 624 g/mol. The zero-order chi connectivity index (χ0) is 32.6. The number of likely N-dealkylation sites (tertiary alicyclic amines) is 1. The molecule has 240 valence electrons. The van der Waals surface area contributed by atoms with E-state index in [0.29, 0.717) is 13.0 Å². The topological polar surface area (TPSA) is 184 Å². The first-order valence-electron chi connectivity index (χ1n) is 15.5. The van der Waals surface area contributed by atoms with Crippen LogP contribution in [0.5, 0.6) is 5.75 Å². The van der Waals surface area contributed by atoms with Crippen molar-refractivity contribution in [3.63, 3.8) is 0 Å². The lowest BCUT2D eigenvalue weighted by atomic mass is 9.97. The second-order valence-electron chi connectivity index (χ2n) is 11.8. The van der Waals surface area contributed by atoms with Crippen LogP contribution in [0.3, 0.4) is 0 Å².